The summed E-state index contributed by atoms with van der Waals surface area (Å²) in [7, 11) is 1.32. The molecule has 0 N–H and O–H groups in total. The van der Waals surface area contributed by atoms with Gasteiger partial charge in [-0.3, -0.25) is 4.90 Å². The minimum atomic E-state index is -0.573. The Bertz CT molecular complexity index is 368. The Morgan fingerprint density at radius 3 is 2.44 bits per heavy atom. The topological polar surface area (TPSA) is 55.8 Å². The van der Waals surface area contributed by atoms with Crippen molar-refractivity contribution in [2.75, 3.05) is 13.7 Å². The standard InChI is InChI=1S/C13H21NO4/c1-6-9-7-10(11(15)17-5)14(8-9)12(16)18-13(2,3)4/h6,10H,7-8H2,1-5H3/b9-6-. The highest BCUT2D eigenvalue weighted by molar-refractivity contribution is 5.83. The van der Waals surface area contributed by atoms with Gasteiger partial charge in [-0.1, -0.05) is 11.6 Å². The van der Waals surface area contributed by atoms with Gasteiger partial charge in [0.15, 0.2) is 0 Å². The van der Waals surface area contributed by atoms with Gasteiger partial charge in [0.25, 0.3) is 0 Å². The van der Waals surface area contributed by atoms with Crippen molar-refractivity contribution in [3.63, 3.8) is 0 Å². The van der Waals surface area contributed by atoms with Crippen LogP contribution >= 0.6 is 0 Å². The van der Waals surface area contributed by atoms with Crippen LogP contribution in [-0.4, -0.2) is 42.3 Å². The summed E-state index contributed by atoms with van der Waals surface area (Å²) in [5.74, 6) is -0.405. The second-order valence-corrected chi connectivity index (χ2v) is 5.30. The molecule has 1 fully saturated rings. The summed E-state index contributed by atoms with van der Waals surface area (Å²) >= 11 is 0. The molecule has 102 valence electrons. The maximum atomic E-state index is 12.0. The molecule has 1 saturated heterocycles. The number of rotatable bonds is 1. The first-order valence-corrected chi connectivity index (χ1v) is 6.00. The molecular weight excluding hydrogens is 234 g/mol. The summed E-state index contributed by atoms with van der Waals surface area (Å²) in [5, 5.41) is 0. The van der Waals surface area contributed by atoms with Crippen molar-refractivity contribution in [1.29, 1.82) is 0 Å². The van der Waals surface area contributed by atoms with E-state index in [0.717, 1.165) is 5.57 Å². The normalized spacial score (nSPS) is 22.2. The number of methoxy groups -OCH3 is 1. The van der Waals surface area contributed by atoms with E-state index >= 15 is 0 Å². The van der Waals surface area contributed by atoms with Crippen LogP contribution in [0.25, 0.3) is 0 Å². The summed E-state index contributed by atoms with van der Waals surface area (Å²) < 4.78 is 10.0. The number of carbonyl (C=O) groups is 2. The van der Waals surface area contributed by atoms with E-state index in [0.29, 0.717) is 13.0 Å². The smallest absolute Gasteiger partial charge is 0.411 e. The van der Waals surface area contributed by atoms with Crippen molar-refractivity contribution >= 4 is 12.1 Å². The lowest BCUT2D eigenvalue weighted by Crippen LogP contribution is -2.43. The maximum Gasteiger partial charge on any atom is 0.411 e. The second kappa shape index (κ2) is 5.42. The number of esters is 1. The second-order valence-electron chi connectivity index (χ2n) is 5.30. The molecule has 0 aliphatic carbocycles. The third-order valence-electron chi connectivity index (χ3n) is 2.71. The molecule has 1 aliphatic rings. The van der Waals surface area contributed by atoms with Crippen LogP contribution in [0.15, 0.2) is 11.6 Å². The Labute approximate surface area is 108 Å². The SMILES string of the molecule is C/C=C1/CC(C(=O)OC)N(C(=O)OC(C)(C)C)C1. The summed E-state index contributed by atoms with van der Waals surface area (Å²) in [5.41, 5.74) is 0.465. The van der Waals surface area contributed by atoms with Crippen LogP contribution < -0.4 is 0 Å². The molecule has 0 bridgehead atoms. The quantitative estimate of drug-likeness (QED) is 0.532. The minimum absolute atomic E-state index is 0.405. The maximum absolute atomic E-state index is 12.0. The highest BCUT2D eigenvalue weighted by atomic mass is 16.6. The molecule has 1 heterocycles. The number of hydrogen-bond acceptors (Lipinski definition) is 4. The van der Waals surface area contributed by atoms with E-state index < -0.39 is 23.7 Å². The van der Waals surface area contributed by atoms with Crippen LogP contribution in [0.1, 0.15) is 34.1 Å². The summed E-state index contributed by atoms with van der Waals surface area (Å²) in [6.07, 6.45) is 1.96. The molecule has 1 aliphatic heterocycles. The molecule has 0 radical (unpaired) electrons. The van der Waals surface area contributed by atoms with Gasteiger partial charge in [-0.15, -0.1) is 0 Å². The average Bonchev–Trinajstić information content (AvgIpc) is 2.69. The molecular formula is C13H21NO4. The molecule has 0 aromatic carbocycles. The molecule has 1 rings (SSSR count). The van der Waals surface area contributed by atoms with Crippen molar-refractivity contribution < 1.29 is 19.1 Å². The fourth-order valence-electron chi connectivity index (χ4n) is 1.82. The molecule has 18 heavy (non-hydrogen) atoms. The van der Waals surface area contributed by atoms with Crippen LogP contribution in [0.3, 0.4) is 0 Å². The van der Waals surface area contributed by atoms with E-state index in [1.807, 2.05) is 13.0 Å². The summed E-state index contributed by atoms with van der Waals surface area (Å²) in [6.45, 7) is 7.70. The van der Waals surface area contributed by atoms with E-state index in [1.165, 1.54) is 12.0 Å². The zero-order valence-corrected chi connectivity index (χ0v) is 11.6. The fraction of sp³-hybridized carbons (Fsp3) is 0.692. The predicted molar refractivity (Wildman–Crippen MR) is 67.1 cm³/mol. The first-order valence-electron chi connectivity index (χ1n) is 6.00. The lowest BCUT2D eigenvalue weighted by Gasteiger charge is -2.27. The van der Waals surface area contributed by atoms with Crippen LogP contribution in [0.2, 0.25) is 0 Å². The Kier molecular flexibility index (Phi) is 4.38. The van der Waals surface area contributed by atoms with Gasteiger partial charge >= 0.3 is 12.1 Å². The molecule has 5 nitrogen and oxygen atoms in total. The van der Waals surface area contributed by atoms with Gasteiger partial charge in [0, 0.05) is 13.0 Å². The lowest BCUT2D eigenvalue weighted by molar-refractivity contribution is -0.145. The zero-order chi connectivity index (χ0) is 13.9. The summed E-state index contributed by atoms with van der Waals surface area (Å²) in [6, 6.07) is -0.573. The highest BCUT2D eigenvalue weighted by Gasteiger charge is 2.39. The van der Waals surface area contributed by atoms with Crippen LogP contribution in [0.4, 0.5) is 4.79 Å². The number of likely N-dealkylation sites (tertiary alicyclic amines) is 1. The Hall–Kier alpha value is -1.52. The van der Waals surface area contributed by atoms with E-state index in [1.54, 1.807) is 20.8 Å². The summed E-state index contributed by atoms with van der Waals surface area (Å²) in [4.78, 5) is 25.1. The fourth-order valence-corrected chi connectivity index (χ4v) is 1.82. The number of allylic oxidation sites excluding steroid dienone is 1. The highest BCUT2D eigenvalue weighted by Crippen LogP contribution is 2.25. The van der Waals surface area contributed by atoms with Gasteiger partial charge in [0.05, 0.1) is 7.11 Å². The van der Waals surface area contributed by atoms with E-state index in [2.05, 4.69) is 0 Å². The molecule has 1 atom stereocenters. The Morgan fingerprint density at radius 2 is 2.00 bits per heavy atom. The molecule has 1 unspecified atom stereocenters. The van der Waals surface area contributed by atoms with Gasteiger partial charge in [-0.25, -0.2) is 9.59 Å². The van der Waals surface area contributed by atoms with Crippen LogP contribution in [0, 0.1) is 0 Å². The number of hydrogen-bond donors (Lipinski definition) is 0. The van der Waals surface area contributed by atoms with Crippen molar-refractivity contribution in [3.8, 4) is 0 Å². The van der Waals surface area contributed by atoms with Gasteiger partial charge in [0.1, 0.15) is 11.6 Å². The molecule has 0 saturated carbocycles. The average molecular weight is 255 g/mol. The van der Waals surface area contributed by atoms with E-state index in [9.17, 15) is 9.59 Å². The predicted octanol–water partition coefficient (Wildman–Crippen LogP) is 2.12. The molecule has 0 aromatic rings. The van der Waals surface area contributed by atoms with Gasteiger partial charge < -0.3 is 9.47 Å². The third-order valence-corrected chi connectivity index (χ3v) is 2.71. The molecule has 5 heteroatoms. The molecule has 1 amide bonds. The van der Waals surface area contributed by atoms with Crippen molar-refractivity contribution in [3.05, 3.63) is 11.6 Å². The number of carbonyl (C=O) groups excluding carboxylic acids is 2. The first kappa shape index (κ1) is 14.5. The van der Waals surface area contributed by atoms with Crippen LogP contribution in [0.5, 0.6) is 0 Å². The third kappa shape index (κ3) is 3.48. The zero-order valence-electron chi connectivity index (χ0n) is 11.6. The van der Waals surface area contributed by atoms with Crippen molar-refractivity contribution in [1.82, 2.24) is 4.90 Å². The Balaban J connectivity index is 2.84. The monoisotopic (exact) mass is 255 g/mol. The molecule has 0 spiro atoms. The van der Waals surface area contributed by atoms with Gasteiger partial charge in [-0.05, 0) is 27.7 Å². The Morgan fingerprint density at radius 1 is 1.39 bits per heavy atom. The van der Waals surface area contributed by atoms with E-state index in [-0.39, 0.29) is 0 Å². The van der Waals surface area contributed by atoms with Gasteiger partial charge in [0.2, 0.25) is 0 Å². The number of amides is 1. The van der Waals surface area contributed by atoms with Crippen molar-refractivity contribution in [2.45, 2.75) is 45.8 Å². The first-order chi connectivity index (χ1) is 8.28. The van der Waals surface area contributed by atoms with Crippen molar-refractivity contribution in [2.24, 2.45) is 0 Å². The van der Waals surface area contributed by atoms with Crippen LogP contribution in [-0.2, 0) is 14.3 Å². The number of nitrogens with zero attached hydrogens (tertiary/aromatic N) is 1. The minimum Gasteiger partial charge on any atom is -0.467 e. The molecule has 0 aromatic heterocycles. The lowest BCUT2D eigenvalue weighted by atomic mass is 10.1. The van der Waals surface area contributed by atoms with Gasteiger partial charge in [-0.2, -0.15) is 0 Å². The largest absolute Gasteiger partial charge is 0.467 e. The number of ether oxygens (including phenoxy) is 2. The van der Waals surface area contributed by atoms with E-state index in [4.69, 9.17) is 9.47 Å².